The van der Waals surface area contributed by atoms with Gasteiger partial charge in [0.05, 0.1) is 0 Å². The lowest BCUT2D eigenvalue weighted by Gasteiger charge is -2.31. The Hall–Kier alpha value is -0.930. The molecule has 1 atom stereocenters. The maximum atomic E-state index is 4.04. The molecule has 1 N–H and O–H groups in total. The largest absolute Gasteiger partial charge is 0.318 e. The van der Waals surface area contributed by atoms with E-state index in [1.54, 1.807) is 0 Å². The second-order valence-electron chi connectivity index (χ2n) is 4.96. The van der Waals surface area contributed by atoms with Crippen molar-refractivity contribution in [2.24, 2.45) is 5.92 Å². The van der Waals surface area contributed by atoms with E-state index in [4.69, 9.17) is 0 Å². The van der Waals surface area contributed by atoms with Gasteiger partial charge in [-0.1, -0.05) is 13.8 Å². The van der Waals surface area contributed by atoms with Crippen LogP contribution in [0.3, 0.4) is 0 Å². The topological polar surface area (TPSA) is 28.2 Å². The fourth-order valence-corrected chi connectivity index (χ4v) is 2.13. The molecule has 1 aromatic heterocycles. The Balaban J connectivity index is 2.44. The first kappa shape index (κ1) is 14.1. The first-order valence-electron chi connectivity index (χ1n) is 6.39. The molecule has 1 aromatic rings. The lowest BCUT2D eigenvalue weighted by molar-refractivity contribution is 0.192. The molecule has 17 heavy (non-hydrogen) atoms. The molecule has 0 spiro atoms. The van der Waals surface area contributed by atoms with Crippen molar-refractivity contribution in [2.75, 3.05) is 27.2 Å². The smallest absolute Gasteiger partial charge is 0.0270 e. The molecule has 0 saturated carbocycles. The molecule has 0 fully saturated rings. The van der Waals surface area contributed by atoms with Gasteiger partial charge in [0.25, 0.3) is 0 Å². The maximum Gasteiger partial charge on any atom is 0.0270 e. The Kier molecular flexibility index (Phi) is 6.16. The number of hydrogen-bond acceptors (Lipinski definition) is 3. The molecule has 1 heterocycles. The Morgan fingerprint density at radius 3 is 2.47 bits per heavy atom. The van der Waals surface area contributed by atoms with E-state index in [0.717, 1.165) is 19.5 Å². The summed E-state index contributed by atoms with van der Waals surface area (Å²) in [7, 11) is 4.23. The summed E-state index contributed by atoms with van der Waals surface area (Å²) in [4.78, 5) is 6.49. The molecule has 0 saturated heterocycles. The van der Waals surface area contributed by atoms with Gasteiger partial charge in [0.2, 0.25) is 0 Å². The standard InChI is InChI=1S/C14H25N3/c1-12(2)14(11-15-3)17(4)10-7-13-5-8-16-9-6-13/h5-6,8-9,12,14-15H,7,10-11H2,1-4H3. The highest BCUT2D eigenvalue weighted by Crippen LogP contribution is 2.09. The number of pyridine rings is 1. The van der Waals surface area contributed by atoms with Crippen LogP contribution in [0.2, 0.25) is 0 Å². The van der Waals surface area contributed by atoms with E-state index in [1.807, 2.05) is 19.4 Å². The van der Waals surface area contributed by atoms with Crippen LogP contribution >= 0.6 is 0 Å². The van der Waals surface area contributed by atoms with Crippen molar-refractivity contribution in [1.82, 2.24) is 15.2 Å². The lowest BCUT2D eigenvalue weighted by Crippen LogP contribution is -2.43. The van der Waals surface area contributed by atoms with Gasteiger partial charge < -0.3 is 10.2 Å². The van der Waals surface area contributed by atoms with E-state index in [2.05, 4.69) is 48.2 Å². The van der Waals surface area contributed by atoms with Crippen LogP contribution in [0.15, 0.2) is 24.5 Å². The third-order valence-electron chi connectivity index (χ3n) is 3.25. The summed E-state index contributed by atoms with van der Waals surface area (Å²) in [6.45, 7) is 6.70. The molecule has 0 bridgehead atoms. The molecule has 0 amide bonds. The van der Waals surface area contributed by atoms with Gasteiger partial charge in [0, 0.05) is 31.5 Å². The van der Waals surface area contributed by atoms with Gasteiger partial charge in [-0.05, 0) is 44.1 Å². The van der Waals surface area contributed by atoms with Crippen LogP contribution in [0.1, 0.15) is 19.4 Å². The molecular formula is C14H25N3. The Bertz CT molecular complexity index is 298. The molecule has 0 aliphatic carbocycles. The van der Waals surface area contributed by atoms with Crippen LogP contribution in [-0.4, -0.2) is 43.1 Å². The minimum Gasteiger partial charge on any atom is -0.318 e. The van der Waals surface area contributed by atoms with Crippen molar-refractivity contribution in [2.45, 2.75) is 26.3 Å². The van der Waals surface area contributed by atoms with Gasteiger partial charge >= 0.3 is 0 Å². The first-order chi connectivity index (χ1) is 8.15. The summed E-state index contributed by atoms with van der Waals surface area (Å²) in [6.07, 6.45) is 4.82. The third-order valence-corrected chi connectivity index (χ3v) is 3.25. The molecule has 96 valence electrons. The molecule has 0 aromatic carbocycles. The summed E-state index contributed by atoms with van der Waals surface area (Å²) in [6, 6.07) is 4.79. The lowest BCUT2D eigenvalue weighted by atomic mass is 10.0. The molecule has 1 rings (SSSR count). The zero-order valence-corrected chi connectivity index (χ0v) is 11.5. The van der Waals surface area contributed by atoms with Gasteiger partial charge in [-0.25, -0.2) is 0 Å². The van der Waals surface area contributed by atoms with Crippen molar-refractivity contribution >= 4 is 0 Å². The molecule has 1 unspecified atom stereocenters. The van der Waals surface area contributed by atoms with Crippen LogP contribution < -0.4 is 5.32 Å². The molecule has 0 aliphatic rings. The summed E-state index contributed by atoms with van der Waals surface area (Å²) in [5.41, 5.74) is 1.36. The summed E-state index contributed by atoms with van der Waals surface area (Å²) in [5, 5.41) is 3.28. The van der Waals surface area contributed by atoms with Gasteiger partial charge in [-0.3, -0.25) is 4.98 Å². The number of likely N-dealkylation sites (N-methyl/N-ethyl adjacent to an activating group) is 2. The Labute approximate surface area is 105 Å². The van der Waals surface area contributed by atoms with E-state index < -0.39 is 0 Å². The van der Waals surface area contributed by atoms with Gasteiger partial charge in [0.1, 0.15) is 0 Å². The highest BCUT2D eigenvalue weighted by atomic mass is 15.1. The van der Waals surface area contributed by atoms with E-state index >= 15 is 0 Å². The minimum atomic E-state index is 0.599. The normalized spacial score (nSPS) is 13.3. The molecule has 0 aliphatic heterocycles. The van der Waals surface area contributed by atoms with Gasteiger partial charge in [0.15, 0.2) is 0 Å². The van der Waals surface area contributed by atoms with Crippen LogP contribution in [0.5, 0.6) is 0 Å². The zero-order valence-electron chi connectivity index (χ0n) is 11.5. The first-order valence-corrected chi connectivity index (χ1v) is 6.39. The SMILES string of the molecule is CNCC(C(C)C)N(C)CCc1ccncc1. The maximum absolute atomic E-state index is 4.04. The van der Waals surface area contributed by atoms with Gasteiger partial charge in [-0.2, -0.15) is 0 Å². The number of aromatic nitrogens is 1. The number of nitrogens with zero attached hydrogens (tertiary/aromatic N) is 2. The van der Waals surface area contributed by atoms with E-state index in [0.29, 0.717) is 12.0 Å². The predicted molar refractivity (Wildman–Crippen MR) is 73.1 cm³/mol. The second kappa shape index (κ2) is 7.41. The number of nitrogens with one attached hydrogen (secondary N) is 1. The Morgan fingerprint density at radius 2 is 1.94 bits per heavy atom. The Morgan fingerprint density at radius 1 is 1.29 bits per heavy atom. The zero-order chi connectivity index (χ0) is 12.7. The molecular weight excluding hydrogens is 210 g/mol. The minimum absolute atomic E-state index is 0.599. The average Bonchev–Trinajstić information content (AvgIpc) is 2.34. The summed E-state index contributed by atoms with van der Waals surface area (Å²) >= 11 is 0. The van der Waals surface area contributed by atoms with Crippen molar-refractivity contribution in [3.05, 3.63) is 30.1 Å². The molecule has 0 radical (unpaired) electrons. The van der Waals surface area contributed by atoms with Crippen molar-refractivity contribution in [3.8, 4) is 0 Å². The highest BCUT2D eigenvalue weighted by Gasteiger charge is 2.17. The average molecular weight is 235 g/mol. The summed E-state index contributed by atoms with van der Waals surface area (Å²) < 4.78 is 0. The third kappa shape index (κ3) is 4.84. The van der Waals surface area contributed by atoms with E-state index in [-0.39, 0.29) is 0 Å². The van der Waals surface area contributed by atoms with Crippen molar-refractivity contribution in [3.63, 3.8) is 0 Å². The highest BCUT2D eigenvalue weighted by molar-refractivity contribution is 5.09. The fraction of sp³-hybridized carbons (Fsp3) is 0.643. The number of rotatable bonds is 7. The van der Waals surface area contributed by atoms with Crippen molar-refractivity contribution < 1.29 is 0 Å². The van der Waals surface area contributed by atoms with Crippen LogP contribution in [0.25, 0.3) is 0 Å². The predicted octanol–water partition coefficient (Wildman–Crippen LogP) is 1.80. The van der Waals surface area contributed by atoms with Crippen LogP contribution in [0.4, 0.5) is 0 Å². The van der Waals surface area contributed by atoms with E-state index in [9.17, 15) is 0 Å². The van der Waals surface area contributed by atoms with Crippen LogP contribution in [0, 0.1) is 5.92 Å². The second-order valence-corrected chi connectivity index (χ2v) is 4.96. The molecule has 3 nitrogen and oxygen atoms in total. The van der Waals surface area contributed by atoms with Crippen LogP contribution in [-0.2, 0) is 6.42 Å². The fourth-order valence-electron chi connectivity index (χ4n) is 2.13. The number of hydrogen-bond donors (Lipinski definition) is 1. The van der Waals surface area contributed by atoms with Gasteiger partial charge in [-0.15, -0.1) is 0 Å². The molecule has 3 heteroatoms. The summed E-state index contributed by atoms with van der Waals surface area (Å²) in [5.74, 6) is 0.671. The monoisotopic (exact) mass is 235 g/mol. The van der Waals surface area contributed by atoms with E-state index in [1.165, 1.54) is 5.56 Å². The quantitative estimate of drug-likeness (QED) is 0.781. The van der Waals surface area contributed by atoms with Crippen molar-refractivity contribution in [1.29, 1.82) is 0 Å².